The summed E-state index contributed by atoms with van der Waals surface area (Å²) in [5.41, 5.74) is 0. The minimum Gasteiger partial charge on any atom is -0.356 e. The molecule has 0 atom stereocenters. The van der Waals surface area contributed by atoms with Gasteiger partial charge in [0.15, 0.2) is 5.96 Å². The highest BCUT2D eigenvalue weighted by Crippen LogP contribution is 2.18. The number of rotatable bonds is 9. The number of hydrogen-bond donors (Lipinski definition) is 2. The number of nitrogens with one attached hydrogen (secondary N) is 2. The van der Waals surface area contributed by atoms with E-state index in [-0.39, 0.29) is 24.0 Å². The summed E-state index contributed by atoms with van der Waals surface area (Å²) >= 11 is 1.87. The Labute approximate surface area is 189 Å². The van der Waals surface area contributed by atoms with Crippen LogP contribution < -0.4 is 10.6 Å². The highest BCUT2D eigenvalue weighted by Gasteiger charge is 2.16. The molecule has 8 heteroatoms. The van der Waals surface area contributed by atoms with Crippen LogP contribution in [0, 0.1) is 0 Å². The zero-order valence-electron chi connectivity index (χ0n) is 16.5. The Morgan fingerprint density at radius 1 is 1.25 bits per heavy atom. The van der Waals surface area contributed by atoms with Crippen LogP contribution in [0.1, 0.15) is 38.4 Å². The van der Waals surface area contributed by atoms with E-state index in [1.807, 2.05) is 11.8 Å². The third-order valence-electron chi connectivity index (χ3n) is 4.73. The quantitative estimate of drug-likeness (QED) is 0.176. The fraction of sp³-hybridized carbons (Fsp3) is 0.550. The predicted octanol–water partition coefficient (Wildman–Crippen LogP) is 3.73. The maximum atomic E-state index is 4.79. The first-order valence-electron chi connectivity index (χ1n) is 9.94. The maximum absolute atomic E-state index is 4.79. The first-order chi connectivity index (χ1) is 13.3. The number of guanidine groups is 1. The van der Waals surface area contributed by atoms with Crippen molar-refractivity contribution >= 4 is 41.7 Å². The predicted molar refractivity (Wildman–Crippen MR) is 128 cm³/mol. The van der Waals surface area contributed by atoms with Gasteiger partial charge in [-0.3, -0.25) is 4.99 Å². The van der Waals surface area contributed by atoms with Gasteiger partial charge in [-0.1, -0.05) is 38.0 Å². The van der Waals surface area contributed by atoms with Crippen molar-refractivity contribution in [2.24, 2.45) is 4.99 Å². The number of aliphatic imine (C=N–C) groups is 1. The molecule has 1 heterocycles. The molecule has 154 valence electrons. The maximum Gasteiger partial charge on any atom is 0.191 e. The Hall–Kier alpha value is -1.29. The number of thioether (sulfide) groups is 1. The van der Waals surface area contributed by atoms with E-state index in [0.29, 0.717) is 6.04 Å². The summed E-state index contributed by atoms with van der Waals surface area (Å²) in [4.78, 5) is 6.10. The molecule has 2 N–H and O–H groups in total. The Balaban J connectivity index is 0.00000280. The largest absolute Gasteiger partial charge is 0.356 e. The first kappa shape index (κ1) is 23.0. The van der Waals surface area contributed by atoms with E-state index >= 15 is 0 Å². The monoisotopic (exact) mass is 514 g/mol. The number of nitrogens with zero attached hydrogens (tertiary/aromatic N) is 4. The molecule has 1 saturated carbocycles. The van der Waals surface area contributed by atoms with Crippen molar-refractivity contribution in [3.05, 3.63) is 42.5 Å². The number of hydrogen-bond acceptors (Lipinski definition) is 4. The minimum atomic E-state index is 0. The highest BCUT2D eigenvalue weighted by molar-refractivity contribution is 14.0. The smallest absolute Gasteiger partial charge is 0.191 e. The topological polar surface area (TPSA) is 67.1 Å². The van der Waals surface area contributed by atoms with Gasteiger partial charge in [0.05, 0.1) is 6.54 Å². The summed E-state index contributed by atoms with van der Waals surface area (Å²) in [5.74, 6) is 2.96. The van der Waals surface area contributed by atoms with Crippen molar-refractivity contribution in [1.82, 2.24) is 25.4 Å². The molecule has 1 aromatic heterocycles. The molecule has 1 aliphatic rings. The Morgan fingerprint density at radius 2 is 2.04 bits per heavy atom. The van der Waals surface area contributed by atoms with Crippen molar-refractivity contribution < 1.29 is 0 Å². The van der Waals surface area contributed by atoms with E-state index in [1.165, 1.54) is 30.6 Å². The Bertz CT molecular complexity index is 700. The summed E-state index contributed by atoms with van der Waals surface area (Å²) in [7, 11) is 0. The van der Waals surface area contributed by atoms with Crippen molar-refractivity contribution in [1.29, 1.82) is 0 Å². The third-order valence-corrected chi connectivity index (χ3v) is 5.74. The number of halogens is 1. The standard InChI is InChI=1S/C20H30N6S.HI/c1-2-19-25-23-16-26(19)14-12-21-20(24-17-8-6-7-9-17)22-13-15-27-18-10-4-3-5-11-18;/h3-5,10-11,16-17H,2,6-9,12-15H2,1H3,(H2,21,22,24);1H. The van der Waals surface area contributed by atoms with E-state index in [9.17, 15) is 0 Å². The lowest BCUT2D eigenvalue weighted by Gasteiger charge is -2.17. The lowest BCUT2D eigenvalue weighted by Crippen LogP contribution is -2.43. The molecule has 1 aliphatic carbocycles. The van der Waals surface area contributed by atoms with Gasteiger partial charge < -0.3 is 15.2 Å². The van der Waals surface area contributed by atoms with Crippen LogP contribution in [-0.4, -0.2) is 45.6 Å². The third kappa shape index (κ3) is 7.62. The zero-order valence-corrected chi connectivity index (χ0v) is 19.7. The minimum absolute atomic E-state index is 0. The molecule has 0 amide bonds. The Kier molecular flexibility index (Phi) is 10.7. The van der Waals surface area contributed by atoms with Gasteiger partial charge in [0.2, 0.25) is 0 Å². The summed E-state index contributed by atoms with van der Waals surface area (Å²) in [6, 6.07) is 11.1. The molecule has 1 aromatic carbocycles. The normalized spacial score (nSPS) is 14.7. The van der Waals surface area contributed by atoms with Crippen LogP contribution in [0.5, 0.6) is 0 Å². The van der Waals surface area contributed by atoms with Crippen LogP contribution in [-0.2, 0) is 13.0 Å². The molecule has 0 radical (unpaired) electrons. The molecular weight excluding hydrogens is 483 g/mol. The molecule has 3 rings (SSSR count). The summed E-state index contributed by atoms with van der Waals surface area (Å²) in [5, 5.41) is 15.2. The first-order valence-corrected chi connectivity index (χ1v) is 10.9. The molecule has 0 unspecified atom stereocenters. The molecule has 0 saturated heterocycles. The zero-order chi connectivity index (χ0) is 18.7. The van der Waals surface area contributed by atoms with E-state index in [1.54, 1.807) is 6.33 Å². The second-order valence-corrected chi connectivity index (χ2v) is 7.91. The van der Waals surface area contributed by atoms with Gasteiger partial charge in [-0.2, -0.15) is 0 Å². The average Bonchev–Trinajstić information content (AvgIpc) is 3.37. The lowest BCUT2D eigenvalue weighted by atomic mass is 10.2. The van der Waals surface area contributed by atoms with E-state index in [0.717, 1.165) is 43.6 Å². The average molecular weight is 514 g/mol. The molecule has 1 fully saturated rings. The molecule has 0 spiro atoms. The van der Waals surface area contributed by atoms with Crippen LogP contribution in [0.15, 0.2) is 46.5 Å². The van der Waals surface area contributed by atoms with Gasteiger partial charge in [0.25, 0.3) is 0 Å². The molecule has 2 aromatic rings. The Morgan fingerprint density at radius 3 is 2.79 bits per heavy atom. The van der Waals surface area contributed by atoms with Crippen LogP contribution in [0.3, 0.4) is 0 Å². The van der Waals surface area contributed by atoms with Gasteiger partial charge in [0, 0.05) is 36.2 Å². The van der Waals surface area contributed by atoms with Gasteiger partial charge >= 0.3 is 0 Å². The number of aryl methyl sites for hydroxylation is 1. The SMILES string of the molecule is CCc1nncn1CCN=C(NCCSc1ccccc1)NC1CCCC1.I. The number of aromatic nitrogens is 3. The van der Waals surface area contributed by atoms with E-state index in [2.05, 4.69) is 62.7 Å². The number of benzene rings is 1. The van der Waals surface area contributed by atoms with E-state index in [4.69, 9.17) is 4.99 Å². The summed E-state index contributed by atoms with van der Waals surface area (Å²) in [6.45, 7) is 4.53. The van der Waals surface area contributed by atoms with Gasteiger partial charge in [-0.05, 0) is 25.0 Å². The second-order valence-electron chi connectivity index (χ2n) is 6.74. The second kappa shape index (κ2) is 13.0. The van der Waals surface area contributed by atoms with Crippen molar-refractivity contribution in [3.8, 4) is 0 Å². The van der Waals surface area contributed by atoms with Gasteiger partial charge in [-0.15, -0.1) is 45.9 Å². The van der Waals surface area contributed by atoms with Gasteiger partial charge in [0.1, 0.15) is 12.2 Å². The molecule has 28 heavy (non-hydrogen) atoms. The van der Waals surface area contributed by atoms with Crippen LogP contribution >= 0.6 is 35.7 Å². The molecule has 0 aliphatic heterocycles. The van der Waals surface area contributed by atoms with Gasteiger partial charge in [-0.25, -0.2) is 0 Å². The lowest BCUT2D eigenvalue weighted by molar-refractivity contribution is 0.608. The van der Waals surface area contributed by atoms with Crippen LogP contribution in [0.4, 0.5) is 0 Å². The van der Waals surface area contributed by atoms with E-state index < -0.39 is 0 Å². The molecular formula is C20H31IN6S. The summed E-state index contributed by atoms with van der Waals surface area (Å²) < 4.78 is 2.09. The molecule has 6 nitrogen and oxygen atoms in total. The fourth-order valence-electron chi connectivity index (χ4n) is 3.28. The van der Waals surface area contributed by atoms with Crippen LogP contribution in [0.2, 0.25) is 0 Å². The van der Waals surface area contributed by atoms with Crippen LogP contribution in [0.25, 0.3) is 0 Å². The molecule has 0 bridgehead atoms. The van der Waals surface area contributed by atoms with Crippen molar-refractivity contribution in [2.45, 2.75) is 56.5 Å². The fourth-order valence-corrected chi connectivity index (χ4v) is 4.07. The van der Waals surface area contributed by atoms with Crippen molar-refractivity contribution in [2.75, 3.05) is 18.8 Å². The van der Waals surface area contributed by atoms with Crippen molar-refractivity contribution in [3.63, 3.8) is 0 Å². The summed E-state index contributed by atoms with van der Waals surface area (Å²) in [6.07, 6.45) is 7.80. The highest BCUT2D eigenvalue weighted by atomic mass is 127.